The van der Waals surface area contributed by atoms with Crippen molar-refractivity contribution in [1.82, 2.24) is 9.47 Å². The highest BCUT2D eigenvalue weighted by atomic mass is 16.3. The first kappa shape index (κ1) is 17.4. The molecule has 3 aromatic rings. The lowest BCUT2D eigenvalue weighted by Crippen LogP contribution is -2.22. The summed E-state index contributed by atoms with van der Waals surface area (Å²) in [6.45, 7) is 4.61. The summed E-state index contributed by atoms with van der Waals surface area (Å²) < 4.78 is 1.84. The summed E-state index contributed by atoms with van der Waals surface area (Å²) in [6, 6.07) is 14.8. The number of azo groups is 1. The van der Waals surface area contributed by atoms with Crippen LogP contribution in [0.25, 0.3) is 10.9 Å². The number of aromatic hydroxyl groups is 1. The number of benzene rings is 2. The molecule has 4 rings (SSSR count). The van der Waals surface area contributed by atoms with Crippen LogP contribution in [0.15, 0.2) is 58.8 Å². The van der Waals surface area contributed by atoms with E-state index in [9.17, 15) is 9.90 Å². The van der Waals surface area contributed by atoms with Crippen LogP contribution < -0.4 is 0 Å². The number of hydrogen-bond acceptors (Lipinski definition) is 4. The Labute approximate surface area is 157 Å². The maximum Gasteiger partial charge on any atom is 0.295 e. The molecule has 6 nitrogen and oxygen atoms in total. The van der Waals surface area contributed by atoms with Gasteiger partial charge in [0.05, 0.1) is 12.2 Å². The van der Waals surface area contributed by atoms with Crippen molar-refractivity contribution in [3.63, 3.8) is 0 Å². The predicted octanol–water partition coefficient (Wildman–Crippen LogP) is 4.63. The monoisotopic (exact) mass is 362 g/mol. The van der Waals surface area contributed by atoms with E-state index in [1.54, 1.807) is 12.1 Å². The predicted molar refractivity (Wildman–Crippen MR) is 104 cm³/mol. The molecule has 0 bridgehead atoms. The van der Waals surface area contributed by atoms with Gasteiger partial charge in [0.25, 0.3) is 5.91 Å². The number of rotatable bonds is 4. The molecular weight excluding hydrogens is 340 g/mol. The molecule has 1 saturated heterocycles. The third-order valence-electron chi connectivity index (χ3n) is 5.00. The number of aryl methyl sites for hydroxylation is 1. The van der Waals surface area contributed by atoms with Gasteiger partial charge in [0.1, 0.15) is 0 Å². The lowest BCUT2D eigenvalue weighted by Gasteiger charge is -2.17. The third-order valence-corrected chi connectivity index (χ3v) is 5.00. The molecule has 0 unspecified atom stereocenters. The van der Waals surface area contributed by atoms with Crippen molar-refractivity contribution in [2.75, 3.05) is 13.1 Å². The summed E-state index contributed by atoms with van der Waals surface area (Å²) in [4.78, 5) is 14.6. The van der Waals surface area contributed by atoms with E-state index >= 15 is 0 Å². The Kier molecular flexibility index (Phi) is 4.73. The quantitative estimate of drug-likeness (QED) is 0.688. The molecule has 0 radical (unpaired) electrons. The Balaban J connectivity index is 1.67. The summed E-state index contributed by atoms with van der Waals surface area (Å²) in [7, 11) is 0. The molecule has 27 heavy (non-hydrogen) atoms. The molecule has 1 amide bonds. The number of aromatic nitrogens is 1. The van der Waals surface area contributed by atoms with Gasteiger partial charge in [-0.25, -0.2) is 0 Å². The molecule has 1 fully saturated rings. The lowest BCUT2D eigenvalue weighted by atomic mass is 10.1. The van der Waals surface area contributed by atoms with Gasteiger partial charge in [0.15, 0.2) is 5.69 Å². The maximum absolute atomic E-state index is 12.3. The Morgan fingerprint density at radius 2 is 1.78 bits per heavy atom. The normalized spacial score (nSPS) is 15.1. The standard InChI is InChI=1S/C21H22N4O2/c1-15-8-10-16(11-9-15)20(26)23-22-19-17-6-2-3-7-18(17)25(21(19)27)14-24-12-4-5-13-24/h2-3,6-11,27H,4-5,12-14H2,1H3. The summed E-state index contributed by atoms with van der Waals surface area (Å²) in [5.74, 6) is -0.380. The second kappa shape index (κ2) is 7.32. The number of nitrogens with zero attached hydrogens (tertiary/aromatic N) is 4. The fourth-order valence-electron chi connectivity index (χ4n) is 3.49. The SMILES string of the molecule is Cc1ccc(C(=O)N=Nc2c(O)n(CN3CCCC3)c3ccccc23)cc1. The van der Waals surface area contributed by atoms with E-state index in [1.165, 1.54) is 12.8 Å². The van der Waals surface area contributed by atoms with Crippen LogP contribution in [0.3, 0.4) is 0 Å². The molecule has 0 saturated carbocycles. The Morgan fingerprint density at radius 1 is 1.07 bits per heavy atom. The van der Waals surface area contributed by atoms with Crippen molar-refractivity contribution in [1.29, 1.82) is 0 Å². The summed E-state index contributed by atoms with van der Waals surface area (Å²) in [5.41, 5.74) is 2.78. The minimum absolute atomic E-state index is 0.0450. The van der Waals surface area contributed by atoms with Crippen molar-refractivity contribution in [3.8, 4) is 5.88 Å². The van der Waals surface area contributed by atoms with Crippen molar-refractivity contribution in [2.24, 2.45) is 10.2 Å². The van der Waals surface area contributed by atoms with Gasteiger partial charge in [-0.3, -0.25) is 14.3 Å². The first-order valence-corrected chi connectivity index (χ1v) is 9.19. The zero-order valence-electron chi connectivity index (χ0n) is 15.3. The number of para-hydroxylation sites is 1. The molecule has 1 aliphatic heterocycles. The molecule has 138 valence electrons. The van der Waals surface area contributed by atoms with Crippen LogP contribution in [0.4, 0.5) is 5.69 Å². The van der Waals surface area contributed by atoms with E-state index in [-0.39, 0.29) is 5.88 Å². The van der Waals surface area contributed by atoms with E-state index in [1.807, 2.05) is 47.9 Å². The first-order chi connectivity index (χ1) is 13.1. The van der Waals surface area contributed by atoms with Crippen LogP contribution in [0.5, 0.6) is 5.88 Å². The Bertz CT molecular complexity index is 999. The molecule has 1 aromatic heterocycles. The van der Waals surface area contributed by atoms with Gasteiger partial charge in [0, 0.05) is 10.9 Å². The number of amides is 1. The van der Waals surface area contributed by atoms with Gasteiger partial charge in [-0.05, 0) is 51.1 Å². The number of hydrogen-bond donors (Lipinski definition) is 1. The molecule has 1 aliphatic rings. The van der Waals surface area contributed by atoms with Gasteiger partial charge >= 0.3 is 0 Å². The van der Waals surface area contributed by atoms with Crippen LogP contribution in [-0.2, 0) is 6.67 Å². The molecule has 0 spiro atoms. The summed E-state index contributed by atoms with van der Waals surface area (Å²) >= 11 is 0. The largest absolute Gasteiger partial charge is 0.493 e. The Hall–Kier alpha value is -2.99. The Morgan fingerprint density at radius 3 is 2.52 bits per heavy atom. The van der Waals surface area contributed by atoms with E-state index in [2.05, 4.69) is 15.1 Å². The number of likely N-dealkylation sites (tertiary alicyclic amines) is 1. The van der Waals surface area contributed by atoms with Crippen LogP contribution >= 0.6 is 0 Å². The third kappa shape index (κ3) is 3.48. The summed E-state index contributed by atoms with van der Waals surface area (Å²) in [6.07, 6.45) is 2.36. The van der Waals surface area contributed by atoms with Gasteiger partial charge < -0.3 is 5.11 Å². The second-order valence-corrected chi connectivity index (χ2v) is 6.96. The second-order valence-electron chi connectivity index (χ2n) is 6.96. The van der Waals surface area contributed by atoms with Gasteiger partial charge in [0.2, 0.25) is 5.88 Å². The van der Waals surface area contributed by atoms with E-state index in [0.29, 0.717) is 17.9 Å². The van der Waals surface area contributed by atoms with Crippen molar-refractivity contribution in [2.45, 2.75) is 26.4 Å². The molecule has 0 atom stereocenters. The van der Waals surface area contributed by atoms with E-state index < -0.39 is 5.91 Å². The summed E-state index contributed by atoms with van der Waals surface area (Å²) in [5, 5.41) is 19.5. The molecule has 2 heterocycles. The van der Waals surface area contributed by atoms with E-state index in [4.69, 9.17) is 0 Å². The lowest BCUT2D eigenvalue weighted by molar-refractivity contribution is 0.0995. The van der Waals surface area contributed by atoms with Crippen LogP contribution in [0.1, 0.15) is 28.8 Å². The van der Waals surface area contributed by atoms with Gasteiger partial charge in [-0.15, -0.1) is 10.2 Å². The zero-order valence-corrected chi connectivity index (χ0v) is 15.3. The number of fused-ring (bicyclic) bond motifs is 1. The van der Waals surface area contributed by atoms with Crippen molar-refractivity contribution < 1.29 is 9.90 Å². The molecular formula is C21H22N4O2. The highest BCUT2D eigenvalue weighted by molar-refractivity contribution is 5.97. The van der Waals surface area contributed by atoms with Crippen LogP contribution in [0, 0.1) is 6.92 Å². The first-order valence-electron chi connectivity index (χ1n) is 9.19. The number of carbonyl (C=O) groups is 1. The van der Waals surface area contributed by atoms with Crippen molar-refractivity contribution >= 4 is 22.5 Å². The zero-order chi connectivity index (χ0) is 18.8. The average molecular weight is 362 g/mol. The minimum atomic E-state index is -0.425. The molecule has 6 heteroatoms. The minimum Gasteiger partial charge on any atom is -0.493 e. The van der Waals surface area contributed by atoms with Crippen LogP contribution in [0.2, 0.25) is 0 Å². The fraction of sp³-hybridized carbons (Fsp3) is 0.286. The van der Waals surface area contributed by atoms with Crippen LogP contribution in [-0.4, -0.2) is 33.6 Å². The highest BCUT2D eigenvalue weighted by Crippen LogP contribution is 2.39. The topological polar surface area (TPSA) is 70.2 Å². The van der Waals surface area contributed by atoms with E-state index in [0.717, 1.165) is 29.6 Å². The highest BCUT2D eigenvalue weighted by Gasteiger charge is 2.20. The van der Waals surface area contributed by atoms with Gasteiger partial charge in [-0.2, -0.15) is 0 Å². The molecule has 1 N–H and O–H groups in total. The van der Waals surface area contributed by atoms with Crippen molar-refractivity contribution in [3.05, 3.63) is 59.7 Å². The number of carbonyl (C=O) groups excluding carboxylic acids is 1. The fourth-order valence-corrected chi connectivity index (χ4v) is 3.49. The average Bonchev–Trinajstić information content (AvgIpc) is 3.28. The smallest absolute Gasteiger partial charge is 0.295 e. The molecule has 0 aliphatic carbocycles. The maximum atomic E-state index is 12.3. The van der Waals surface area contributed by atoms with Gasteiger partial charge in [-0.1, -0.05) is 35.9 Å². The molecule has 2 aromatic carbocycles.